The van der Waals surface area contributed by atoms with Gasteiger partial charge in [-0.3, -0.25) is 10.1 Å². The number of anilines is 2. The van der Waals surface area contributed by atoms with Crippen LogP contribution >= 0.6 is 27.3 Å². The summed E-state index contributed by atoms with van der Waals surface area (Å²) in [5.74, 6) is -0.0329. The molecule has 0 saturated carbocycles. The zero-order valence-electron chi connectivity index (χ0n) is 17.7. The Morgan fingerprint density at radius 2 is 1.94 bits per heavy atom. The van der Waals surface area contributed by atoms with Crippen LogP contribution in [0, 0.1) is 0 Å². The number of esters is 1. The lowest BCUT2D eigenvalue weighted by molar-refractivity contribution is 0.0593. The maximum atomic E-state index is 13.2. The number of rotatable bonds is 4. The molecule has 1 aliphatic heterocycles. The van der Waals surface area contributed by atoms with Gasteiger partial charge in [-0.15, -0.1) is 0 Å². The van der Waals surface area contributed by atoms with Crippen molar-refractivity contribution in [2.45, 2.75) is 13.0 Å². The van der Waals surface area contributed by atoms with E-state index in [4.69, 9.17) is 4.74 Å². The molecule has 0 atom stereocenters. The predicted molar refractivity (Wildman–Crippen MR) is 132 cm³/mol. The maximum Gasteiger partial charge on any atom is 0.357 e. The van der Waals surface area contributed by atoms with Crippen molar-refractivity contribution >= 4 is 60.3 Å². The highest BCUT2D eigenvalue weighted by Gasteiger charge is 2.24. The molecule has 0 bridgehead atoms. The highest BCUT2D eigenvalue weighted by atomic mass is 79.9. The van der Waals surface area contributed by atoms with Gasteiger partial charge in [0, 0.05) is 18.7 Å². The average molecular weight is 523 g/mol. The summed E-state index contributed by atoms with van der Waals surface area (Å²) < 4.78 is 6.44. The molecule has 9 heteroatoms. The number of amides is 1. The number of para-hydroxylation sites is 1. The number of ether oxygens (including phenoxy) is 1. The van der Waals surface area contributed by atoms with E-state index in [-0.39, 0.29) is 11.6 Å². The number of carbonyl (C=O) groups is 2. The standard InChI is InChI=1S/C24H19BrN4O3S/c1-32-23(31)21-17(25)9-10-20(27-21)29-12-11-14-5-4-6-15(16(14)13-29)22(30)28-24-26-18-7-2-3-8-19(18)33-24/h2-10H,11-13H2,1H3,(H,26,28,30). The molecule has 166 valence electrons. The van der Waals surface area contributed by atoms with E-state index in [9.17, 15) is 9.59 Å². The monoisotopic (exact) mass is 522 g/mol. The fourth-order valence-corrected chi connectivity index (χ4v) is 5.17. The largest absolute Gasteiger partial charge is 0.464 e. The molecule has 4 aromatic rings. The summed E-state index contributed by atoms with van der Waals surface area (Å²) in [5, 5.41) is 3.53. The van der Waals surface area contributed by atoms with Crippen LogP contribution in [0.15, 0.2) is 59.1 Å². The van der Waals surface area contributed by atoms with Crippen molar-refractivity contribution in [2.75, 3.05) is 23.9 Å². The molecule has 0 radical (unpaired) electrons. The maximum absolute atomic E-state index is 13.2. The van der Waals surface area contributed by atoms with Gasteiger partial charge in [0.1, 0.15) is 5.82 Å². The van der Waals surface area contributed by atoms with Gasteiger partial charge in [0.05, 0.1) is 21.8 Å². The summed E-state index contributed by atoms with van der Waals surface area (Å²) in [6.45, 7) is 1.24. The summed E-state index contributed by atoms with van der Waals surface area (Å²) in [6.07, 6.45) is 0.767. The summed E-state index contributed by atoms with van der Waals surface area (Å²) in [7, 11) is 1.33. The molecule has 2 aromatic heterocycles. The van der Waals surface area contributed by atoms with Crippen LogP contribution in [0.4, 0.5) is 10.9 Å². The number of thiazole rings is 1. The first-order chi connectivity index (χ1) is 16.0. The van der Waals surface area contributed by atoms with Crippen LogP contribution in [0.5, 0.6) is 0 Å². The third-order valence-electron chi connectivity index (χ3n) is 5.57. The van der Waals surface area contributed by atoms with Crippen molar-refractivity contribution in [1.29, 1.82) is 0 Å². The first kappa shape index (κ1) is 21.5. The zero-order valence-corrected chi connectivity index (χ0v) is 20.1. The van der Waals surface area contributed by atoms with Crippen molar-refractivity contribution in [3.63, 3.8) is 0 Å². The van der Waals surface area contributed by atoms with Gasteiger partial charge in [-0.05, 0) is 63.8 Å². The molecular formula is C24H19BrN4O3S. The Labute approximate surface area is 202 Å². The van der Waals surface area contributed by atoms with Crippen LogP contribution in [0.2, 0.25) is 0 Å². The minimum absolute atomic E-state index is 0.188. The van der Waals surface area contributed by atoms with Crippen LogP contribution in [0.1, 0.15) is 32.0 Å². The minimum Gasteiger partial charge on any atom is -0.464 e. The summed E-state index contributed by atoms with van der Waals surface area (Å²) in [6, 6.07) is 17.2. The second-order valence-electron chi connectivity index (χ2n) is 7.55. The molecule has 0 saturated heterocycles. The smallest absolute Gasteiger partial charge is 0.357 e. The van der Waals surface area contributed by atoms with E-state index in [1.165, 1.54) is 18.4 Å². The van der Waals surface area contributed by atoms with Crippen LogP contribution in [-0.2, 0) is 17.7 Å². The number of methoxy groups -OCH3 is 1. The second kappa shape index (κ2) is 8.92. The number of halogens is 1. The third kappa shape index (κ3) is 4.21. The second-order valence-corrected chi connectivity index (χ2v) is 9.43. The Kier molecular flexibility index (Phi) is 5.82. The highest BCUT2D eigenvalue weighted by molar-refractivity contribution is 9.10. The fraction of sp³-hybridized carbons (Fsp3) is 0.167. The van der Waals surface area contributed by atoms with E-state index >= 15 is 0 Å². The molecular weight excluding hydrogens is 504 g/mol. The van der Waals surface area contributed by atoms with Gasteiger partial charge in [0.15, 0.2) is 10.8 Å². The normalized spacial score (nSPS) is 13.0. The van der Waals surface area contributed by atoms with Gasteiger partial charge in [0.25, 0.3) is 5.91 Å². The predicted octanol–water partition coefficient (Wildman–Crippen LogP) is 5.06. The van der Waals surface area contributed by atoms with Crippen molar-refractivity contribution in [3.8, 4) is 0 Å². The zero-order chi connectivity index (χ0) is 22.9. The van der Waals surface area contributed by atoms with Gasteiger partial charge in [-0.2, -0.15) is 0 Å². The molecule has 7 nitrogen and oxygen atoms in total. The third-order valence-corrected chi connectivity index (χ3v) is 7.16. The topological polar surface area (TPSA) is 84.4 Å². The molecule has 33 heavy (non-hydrogen) atoms. The summed E-state index contributed by atoms with van der Waals surface area (Å²) in [4.78, 5) is 36.3. The summed E-state index contributed by atoms with van der Waals surface area (Å²) in [5.41, 5.74) is 3.78. The summed E-state index contributed by atoms with van der Waals surface area (Å²) >= 11 is 4.81. The molecule has 1 aliphatic rings. The van der Waals surface area contributed by atoms with Crippen molar-refractivity contribution < 1.29 is 14.3 Å². The number of hydrogen-bond acceptors (Lipinski definition) is 7. The highest BCUT2D eigenvalue weighted by Crippen LogP contribution is 2.30. The number of carbonyl (C=O) groups excluding carboxylic acids is 2. The Morgan fingerprint density at radius 3 is 2.76 bits per heavy atom. The molecule has 1 amide bonds. The van der Waals surface area contributed by atoms with Gasteiger partial charge >= 0.3 is 5.97 Å². The lowest BCUT2D eigenvalue weighted by atomic mass is 9.94. The Morgan fingerprint density at radius 1 is 1.09 bits per heavy atom. The molecule has 0 unspecified atom stereocenters. The molecule has 0 spiro atoms. The van der Waals surface area contributed by atoms with E-state index in [0.29, 0.717) is 27.5 Å². The Hall–Kier alpha value is -3.30. The fourth-order valence-electron chi connectivity index (χ4n) is 3.93. The molecule has 5 rings (SSSR count). The lowest BCUT2D eigenvalue weighted by Crippen LogP contribution is -2.33. The van der Waals surface area contributed by atoms with Crippen LogP contribution in [0.3, 0.4) is 0 Å². The van der Waals surface area contributed by atoms with Crippen molar-refractivity contribution in [2.24, 2.45) is 0 Å². The molecule has 1 N–H and O–H groups in total. The van der Waals surface area contributed by atoms with Crippen LogP contribution in [-0.4, -0.2) is 35.5 Å². The number of nitrogens with one attached hydrogen (secondary N) is 1. The SMILES string of the molecule is COC(=O)c1nc(N2CCc3cccc(C(=O)Nc4nc5ccccc5s4)c3C2)ccc1Br. The van der Waals surface area contributed by atoms with Gasteiger partial charge in [-0.1, -0.05) is 35.6 Å². The minimum atomic E-state index is -0.503. The lowest BCUT2D eigenvalue weighted by Gasteiger charge is -2.31. The Balaban J connectivity index is 1.42. The van der Waals surface area contributed by atoms with E-state index in [1.807, 2.05) is 42.5 Å². The number of aromatic nitrogens is 2. The van der Waals surface area contributed by atoms with Crippen LogP contribution < -0.4 is 10.2 Å². The van der Waals surface area contributed by atoms with Crippen LogP contribution in [0.25, 0.3) is 10.2 Å². The van der Waals surface area contributed by atoms with Gasteiger partial charge < -0.3 is 9.64 Å². The van der Waals surface area contributed by atoms with E-state index in [2.05, 4.69) is 42.2 Å². The van der Waals surface area contributed by atoms with E-state index in [1.54, 1.807) is 6.07 Å². The molecule has 0 aliphatic carbocycles. The number of fused-ring (bicyclic) bond motifs is 2. The number of benzene rings is 2. The van der Waals surface area contributed by atoms with Gasteiger partial charge in [0.2, 0.25) is 0 Å². The average Bonchev–Trinajstić information content (AvgIpc) is 3.25. The first-order valence-corrected chi connectivity index (χ1v) is 11.9. The van der Waals surface area contributed by atoms with Crippen molar-refractivity contribution in [1.82, 2.24) is 9.97 Å². The molecule has 3 heterocycles. The number of pyridine rings is 1. The first-order valence-electron chi connectivity index (χ1n) is 10.3. The number of nitrogens with zero attached hydrogens (tertiary/aromatic N) is 3. The molecule has 0 fully saturated rings. The quantitative estimate of drug-likeness (QED) is 0.377. The van der Waals surface area contributed by atoms with Gasteiger partial charge in [-0.25, -0.2) is 14.8 Å². The van der Waals surface area contributed by atoms with E-state index < -0.39 is 5.97 Å². The molecule has 2 aromatic carbocycles. The van der Waals surface area contributed by atoms with E-state index in [0.717, 1.165) is 34.3 Å². The van der Waals surface area contributed by atoms with Crippen molar-refractivity contribution in [3.05, 3.63) is 81.5 Å². The number of hydrogen-bond donors (Lipinski definition) is 1. The Bertz CT molecular complexity index is 1350.